The van der Waals surface area contributed by atoms with Gasteiger partial charge >= 0.3 is 5.97 Å². The van der Waals surface area contributed by atoms with Crippen molar-refractivity contribution in [1.29, 1.82) is 0 Å². The Labute approximate surface area is 170 Å². The molecule has 0 saturated heterocycles. The number of para-hydroxylation sites is 2. The lowest BCUT2D eigenvalue weighted by Crippen LogP contribution is -2.22. The lowest BCUT2D eigenvalue weighted by atomic mass is 9.95. The molecule has 7 heteroatoms. The van der Waals surface area contributed by atoms with Crippen molar-refractivity contribution >= 4 is 50.7 Å². The molecule has 3 heterocycles. The van der Waals surface area contributed by atoms with Crippen LogP contribution in [0.1, 0.15) is 11.1 Å². The summed E-state index contributed by atoms with van der Waals surface area (Å²) in [6.45, 7) is -0.243. The smallest absolute Gasteiger partial charge is 0.323 e. The fraction of sp³-hybridized carbons (Fsp3) is 0.0870. The second-order valence-electron chi connectivity index (χ2n) is 7.29. The molecular weight excluding hydrogens is 382 g/mol. The van der Waals surface area contributed by atoms with Crippen LogP contribution in [0.5, 0.6) is 0 Å². The number of nitrogens with one attached hydrogen (secondary N) is 1. The number of hydrogen-bond donors (Lipinski definition) is 2. The molecule has 0 aliphatic carbocycles. The van der Waals surface area contributed by atoms with E-state index >= 15 is 0 Å². The summed E-state index contributed by atoms with van der Waals surface area (Å²) >= 11 is 0. The van der Waals surface area contributed by atoms with Gasteiger partial charge in [0.15, 0.2) is 0 Å². The minimum Gasteiger partial charge on any atom is -0.480 e. The van der Waals surface area contributed by atoms with Crippen LogP contribution >= 0.6 is 0 Å². The molecule has 148 valence electrons. The summed E-state index contributed by atoms with van der Waals surface area (Å²) in [6, 6.07) is 14.9. The minimum atomic E-state index is -0.988. The van der Waals surface area contributed by atoms with Crippen molar-refractivity contribution in [3.05, 3.63) is 72.1 Å². The van der Waals surface area contributed by atoms with Crippen molar-refractivity contribution in [3.8, 4) is 0 Å². The van der Waals surface area contributed by atoms with Gasteiger partial charge in [-0.25, -0.2) is 0 Å². The SMILES string of the molecule is Cn1cc(C2=C(c3cn(CC(=O)O)c4ccccc34)C(=O)NC2=O)c2ccccc21. The van der Waals surface area contributed by atoms with E-state index in [1.54, 1.807) is 16.8 Å². The molecule has 0 bridgehead atoms. The van der Waals surface area contributed by atoms with E-state index in [-0.39, 0.29) is 12.1 Å². The van der Waals surface area contributed by atoms with Gasteiger partial charge in [0.1, 0.15) is 6.54 Å². The van der Waals surface area contributed by atoms with Gasteiger partial charge in [-0.1, -0.05) is 36.4 Å². The maximum atomic E-state index is 12.9. The number of carboxylic acid groups (broad SMARTS) is 1. The van der Waals surface area contributed by atoms with Gasteiger partial charge in [-0.15, -0.1) is 0 Å². The van der Waals surface area contributed by atoms with E-state index in [1.165, 1.54) is 0 Å². The van der Waals surface area contributed by atoms with Crippen molar-refractivity contribution in [2.75, 3.05) is 0 Å². The standard InChI is InChI=1S/C23H17N3O4/c1-25-10-15(13-6-2-4-8-17(13)25)20-21(23(30)24-22(20)29)16-11-26(12-19(27)28)18-9-5-3-7-14(16)18/h2-11H,12H2,1H3,(H,27,28)(H,24,29,30). The molecule has 0 atom stereocenters. The number of carbonyl (C=O) groups excluding carboxylic acids is 2. The minimum absolute atomic E-state index is 0.243. The highest BCUT2D eigenvalue weighted by Crippen LogP contribution is 2.38. The van der Waals surface area contributed by atoms with Gasteiger partial charge in [-0.2, -0.15) is 0 Å². The number of rotatable bonds is 4. The van der Waals surface area contributed by atoms with E-state index in [4.69, 9.17) is 0 Å². The summed E-state index contributed by atoms with van der Waals surface area (Å²) in [5.41, 5.74) is 3.40. The zero-order chi connectivity index (χ0) is 21.0. The number of fused-ring (bicyclic) bond motifs is 2. The maximum absolute atomic E-state index is 12.9. The lowest BCUT2D eigenvalue weighted by Gasteiger charge is -2.03. The molecule has 5 rings (SSSR count). The second-order valence-corrected chi connectivity index (χ2v) is 7.29. The Hall–Kier alpha value is -4.13. The lowest BCUT2D eigenvalue weighted by molar-refractivity contribution is -0.137. The Balaban J connectivity index is 1.84. The van der Waals surface area contributed by atoms with Gasteiger partial charge in [0, 0.05) is 52.4 Å². The van der Waals surface area contributed by atoms with Crippen LogP contribution in [0.25, 0.3) is 33.0 Å². The number of nitrogens with zero attached hydrogens (tertiary/aromatic N) is 2. The highest BCUT2D eigenvalue weighted by atomic mass is 16.4. The molecule has 0 saturated carbocycles. The summed E-state index contributed by atoms with van der Waals surface area (Å²) in [7, 11) is 1.89. The fourth-order valence-corrected chi connectivity index (χ4v) is 4.23. The summed E-state index contributed by atoms with van der Waals surface area (Å²) in [5.74, 6) is -1.93. The van der Waals surface area contributed by atoms with E-state index in [9.17, 15) is 19.5 Å². The van der Waals surface area contributed by atoms with Gasteiger partial charge < -0.3 is 14.2 Å². The van der Waals surface area contributed by atoms with Crippen LogP contribution in [0.4, 0.5) is 0 Å². The van der Waals surface area contributed by atoms with Crippen LogP contribution in [0.3, 0.4) is 0 Å². The topological polar surface area (TPSA) is 93.3 Å². The van der Waals surface area contributed by atoms with Crippen molar-refractivity contribution in [2.24, 2.45) is 7.05 Å². The zero-order valence-electron chi connectivity index (χ0n) is 16.0. The first-order valence-corrected chi connectivity index (χ1v) is 9.40. The Morgan fingerprint density at radius 2 is 1.40 bits per heavy atom. The Bertz CT molecular complexity index is 1420. The monoisotopic (exact) mass is 399 g/mol. The number of imide groups is 1. The molecular formula is C23H17N3O4. The van der Waals surface area contributed by atoms with Crippen LogP contribution in [0, 0.1) is 0 Å². The third kappa shape index (κ3) is 2.56. The molecule has 4 aromatic rings. The summed E-state index contributed by atoms with van der Waals surface area (Å²) in [6.07, 6.45) is 3.48. The molecule has 2 amide bonds. The molecule has 7 nitrogen and oxygen atoms in total. The molecule has 0 fully saturated rings. The molecule has 2 aromatic heterocycles. The van der Waals surface area contributed by atoms with E-state index in [2.05, 4.69) is 5.32 Å². The number of aryl methyl sites for hydroxylation is 1. The van der Waals surface area contributed by atoms with Crippen molar-refractivity contribution in [3.63, 3.8) is 0 Å². The number of aromatic nitrogens is 2. The fourth-order valence-electron chi connectivity index (χ4n) is 4.23. The summed E-state index contributed by atoms with van der Waals surface area (Å²) in [5, 5.41) is 13.3. The van der Waals surface area contributed by atoms with Crippen LogP contribution < -0.4 is 5.32 Å². The van der Waals surface area contributed by atoms with E-state index in [0.717, 1.165) is 16.3 Å². The predicted molar refractivity (Wildman–Crippen MR) is 112 cm³/mol. The van der Waals surface area contributed by atoms with Gasteiger partial charge in [0.2, 0.25) is 0 Å². The zero-order valence-corrected chi connectivity index (χ0v) is 16.0. The number of hydrogen-bond acceptors (Lipinski definition) is 3. The highest BCUT2D eigenvalue weighted by Gasteiger charge is 2.35. The van der Waals surface area contributed by atoms with Gasteiger partial charge in [-0.3, -0.25) is 19.7 Å². The van der Waals surface area contributed by atoms with Crippen molar-refractivity contribution in [2.45, 2.75) is 6.54 Å². The Morgan fingerprint density at radius 1 is 0.867 bits per heavy atom. The molecule has 2 aromatic carbocycles. The van der Waals surface area contributed by atoms with E-state index in [0.29, 0.717) is 22.2 Å². The number of amides is 2. The average molecular weight is 399 g/mol. The highest BCUT2D eigenvalue weighted by molar-refractivity contribution is 6.50. The average Bonchev–Trinajstić information content (AvgIpc) is 3.33. The predicted octanol–water partition coefficient (Wildman–Crippen LogP) is 2.78. The number of benzene rings is 2. The third-order valence-corrected chi connectivity index (χ3v) is 5.46. The third-order valence-electron chi connectivity index (χ3n) is 5.46. The molecule has 0 unspecified atom stereocenters. The molecule has 0 spiro atoms. The molecule has 0 radical (unpaired) electrons. The quantitative estimate of drug-likeness (QED) is 0.516. The summed E-state index contributed by atoms with van der Waals surface area (Å²) < 4.78 is 3.50. The molecule has 30 heavy (non-hydrogen) atoms. The van der Waals surface area contributed by atoms with Crippen LogP contribution in [-0.4, -0.2) is 32.0 Å². The van der Waals surface area contributed by atoms with Gasteiger partial charge in [0.05, 0.1) is 11.1 Å². The first-order chi connectivity index (χ1) is 14.5. The van der Waals surface area contributed by atoms with Crippen molar-refractivity contribution in [1.82, 2.24) is 14.5 Å². The van der Waals surface area contributed by atoms with Gasteiger partial charge in [-0.05, 0) is 12.1 Å². The number of carbonyl (C=O) groups is 3. The van der Waals surface area contributed by atoms with E-state index < -0.39 is 17.8 Å². The largest absolute Gasteiger partial charge is 0.480 e. The van der Waals surface area contributed by atoms with Crippen LogP contribution in [0.15, 0.2) is 60.9 Å². The number of carboxylic acids is 1. The molecule has 1 aliphatic rings. The Kier molecular flexibility index (Phi) is 3.86. The van der Waals surface area contributed by atoms with E-state index in [1.807, 2.05) is 60.3 Å². The van der Waals surface area contributed by atoms with Gasteiger partial charge in [0.25, 0.3) is 11.8 Å². The molecule has 1 aliphatic heterocycles. The normalized spacial score (nSPS) is 14.2. The Morgan fingerprint density at radius 3 is 2.03 bits per heavy atom. The van der Waals surface area contributed by atoms with Crippen LogP contribution in [-0.2, 0) is 28.0 Å². The van der Waals surface area contributed by atoms with Crippen molar-refractivity contribution < 1.29 is 19.5 Å². The summed E-state index contributed by atoms with van der Waals surface area (Å²) in [4.78, 5) is 37.0. The number of aliphatic carboxylic acids is 1. The maximum Gasteiger partial charge on any atom is 0.323 e. The second kappa shape index (κ2) is 6.45. The first kappa shape index (κ1) is 17.9. The first-order valence-electron chi connectivity index (χ1n) is 9.40. The van der Waals surface area contributed by atoms with Crippen LogP contribution in [0.2, 0.25) is 0 Å². The molecule has 2 N–H and O–H groups in total.